The maximum Gasteiger partial charge on any atom is 0.229 e. The van der Waals surface area contributed by atoms with E-state index in [-0.39, 0.29) is 0 Å². The highest BCUT2D eigenvalue weighted by Gasteiger charge is 2.31. The summed E-state index contributed by atoms with van der Waals surface area (Å²) >= 11 is 1.74. The first-order valence-corrected chi connectivity index (χ1v) is 8.80. The van der Waals surface area contributed by atoms with Gasteiger partial charge in [0.2, 0.25) is 5.89 Å². The molecule has 2 aromatic rings. The first-order chi connectivity index (χ1) is 10.7. The summed E-state index contributed by atoms with van der Waals surface area (Å²) < 4.78 is 5.34. The fourth-order valence-corrected chi connectivity index (χ4v) is 3.89. The first-order valence-electron chi connectivity index (χ1n) is 7.92. The molecule has 2 aromatic heterocycles. The largest absolute Gasteiger partial charge is 0.343 e. The van der Waals surface area contributed by atoms with Gasteiger partial charge in [-0.1, -0.05) is 5.16 Å². The standard InChI is InChI=1S/C15H21N5OS/c1-10-9-22-15(16-10)20-6-5-19(7-11(20)2)8-13-17-14(21-18-13)12-3-4-12/h9,11-12H,3-8H2,1-2H3/t11-/m1/s1. The SMILES string of the molecule is Cc1csc(N2CCN(Cc3noc(C4CC4)n3)C[C@H]2C)n1. The molecule has 1 saturated carbocycles. The average Bonchev–Trinajstić information content (AvgIpc) is 3.10. The summed E-state index contributed by atoms with van der Waals surface area (Å²) in [5, 5.41) is 7.38. The van der Waals surface area contributed by atoms with Gasteiger partial charge >= 0.3 is 0 Å². The van der Waals surface area contributed by atoms with E-state index in [4.69, 9.17) is 4.52 Å². The van der Waals surface area contributed by atoms with Crippen LogP contribution in [-0.2, 0) is 6.54 Å². The van der Waals surface area contributed by atoms with Crippen LogP contribution in [0.1, 0.15) is 43.1 Å². The topological polar surface area (TPSA) is 58.3 Å². The van der Waals surface area contributed by atoms with Crippen molar-refractivity contribution in [3.63, 3.8) is 0 Å². The van der Waals surface area contributed by atoms with Gasteiger partial charge in [0.25, 0.3) is 0 Å². The molecule has 0 unspecified atom stereocenters. The van der Waals surface area contributed by atoms with Crippen molar-refractivity contribution in [1.29, 1.82) is 0 Å². The zero-order valence-corrected chi connectivity index (χ0v) is 13.8. The molecule has 4 rings (SSSR count). The molecular weight excluding hydrogens is 298 g/mol. The van der Waals surface area contributed by atoms with Crippen molar-refractivity contribution >= 4 is 16.5 Å². The van der Waals surface area contributed by atoms with Crippen LogP contribution < -0.4 is 4.90 Å². The van der Waals surface area contributed by atoms with Crippen LogP contribution in [0.5, 0.6) is 0 Å². The smallest absolute Gasteiger partial charge is 0.229 e. The van der Waals surface area contributed by atoms with Crippen LogP contribution in [0.15, 0.2) is 9.90 Å². The van der Waals surface area contributed by atoms with Crippen molar-refractivity contribution < 1.29 is 4.52 Å². The number of piperazine rings is 1. The Kier molecular flexibility index (Phi) is 3.62. The highest BCUT2D eigenvalue weighted by Crippen LogP contribution is 2.38. The van der Waals surface area contributed by atoms with Crippen molar-refractivity contribution in [3.8, 4) is 0 Å². The number of hydrogen-bond acceptors (Lipinski definition) is 7. The third-order valence-corrected chi connectivity index (χ3v) is 5.34. The molecule has 1 aliphatic carbocycles. The summed E-state index contributed by atoms with van der Waals surface area (Å²) in [6, 6.07) is 0.453. The zero-order valence-electron chi connectivity index (χ0n) is 13.0. The molecule has 1 aliphatic heterocycles. The number of aryl methyl sites for hydroxylation is 1. The van der Waals surface area contributed by atoms with Crippen LogP contribution in [0.4, 0.5) is 5.13 Å². The Morgan fingerprint density at radius 3 is 2.86 bits per heavy atom. The lowest BCUT2D eigenvalue weighted by Gasteiger charge is -2.39. The maximum absolute atomic E-state index is 5.34. The minimum Gasteiger partial charge on any atom is -0.343 e. The Morgan fingerprint density at radius 1 is 1.32 bits per heavy atom. The van der Waals surface area contributed by atoms with Gasteiger partial charge in [-0.2, -0.15) is 4.98 Å². The van der Waals surface area contributed by atoms with E-state index in [1.165, 1.54) is 12.8 Å². The average molecular weight is 319 g/mol. The van der Waals surface area contributed by atoms with E-state index in [1.54, 1.807) is 11.3 Å². The summed E-state index contributed by atoms with van der Waals surface area (Å²) in [7, 11) is 0. The summed E-state index contributed by atoms with van der Waals surface area (Å²) in [4.78, 5) is 13.9. The maximum atomic E-state index is 5.34. The fraction of sp³-hybridized carbons (Fsp3) is 0.667. The van der Waals surface area contributed by atoms with Crippen molar-refractivity contribution in [1.82, 2.24) is 20.0 Å². The number of anilines is 1. The number of hydrogen-bond donors (Lipinski definition) is 0. The predicted octanol–water partition coefficient (Wildman–Crippen LogP) is 2.42. The number of thiazole rings is 1. The molecule has 2 fully saturated rings. The minimum atomic E-state index is 0.453. The van der Waals surface area contributed by atoms with Gasteiger partial charge in [0.05, 0.1) is 12.2 Å². The molecule has 0 N–H and O–H groups in total. The third kappa shape index (κ3) is 2.87. The molecule has 1 atom stereocenters. The molecule has 7 heteroatoms. The second kappa shape index (κ2) is 5.62. The normalized spacial score (nSPS) is 23.2. The summed E-state index contributed by atoms with van der Waals surface area (Å²) in [5.41, 5.74) is 1.11. The molecular formula is C15H21N5OS. The summed E-state index contributed by atoms with van der Waals surface area (Å²) in [6.07, 6.45) is 2.40. The quantitative estimate of drug-likeness (QED) is 0.862. The van der Waals surface area contributed by atoms with Gasteiger partial charge in [0.1, 0.15) is 0 Å². The van der Waals surface area contributed by atoms with Gasteiger partial charge in [-0.3, -0.25) is 4.90 Å². The molecule has 3 heterocycles. The number of rotatable bonds is 4. The molecule has 22 heavy (non-hydrogen) atoms. The van der Waals surface area contributed by atoms with E-state index in [0.717, 1.165) is 48.7 Å². The summed E-state index contributed by atoms with van der Waals surface area (Å²) in [5.74, 6) is 2.19. The number of nitrogens with zero attached hydrogens (tertiary/aromatic N) is 5. The van der Waals surface area contributed by atoms with E-state index in [1.807, 2.05) is 0 Å². The molecule has 0 amide bonds. The lowest BCUT2D eigenvalue weighted by molar-refractivity contribution is 0.213. The minimum absolute atomic E-state index is 0.453. The number of aromatic nitrogens is 3. The van der Waals surface area contributed by atoms with Crippen molar-refractivity contribution in [3.05, 3.63) is 22.8 Å². The monoisotopic (exact) mass is 319 g/mol. The highest BCUT2D eigenvalue weighted by molar-refractivity contribution is 7.13. The van der Waals surface area contributed by atoms with Crippen molar-refractivity contribution in [2.45, 2.75) is 45.2 Å². The Labute approximate surface area is 134 Å². The van der Waals surface area contributed by atoms with Crippen LogP contribution in [0, 0.1) is 6.92 Å². The fourth-order valence-electron chi connectivity index (χ4n) is 2.96. The van der Waals surface area contributed by atoms with Crippen LogP contribution in [0.25, 0.3) is 0 Å². The van der Waals surface area contributed by atoms with E-state index >= 15 is 0 Å². The Balaban J connectivity index is 1.37. The molecule has 1 saturated heterocycles. The van der Waals surface area contributed by atoms with Crippen LogP contribution >= 0.6 is 11.3 Å². The lowest BCUT2D eigenvalue weighted by Crippen LogP contribution is -2.51. The van der Waals surface area contributed by atoms with E-state index < -0.39 is 0 Å². The predicted molar refractivity (Wildman–Crippen MR) is 85.2 cm³/mol. The second-order valence-electron chi connectivity index (χ2n) is 6.37. The third-order valence-electron chi connectivity index (χ3n) is 4.34. The Bertz CT molecular complexity index is 650. The molecule has 0 radical (unpaired) electrons. The van der Waals surface area contributed by atoms with Crippen LogP contribution in [0.3, 0.4) is 0 Å². The zero-order chi connectivity index (χ0) is 15.1. The van der Waals surface area contributed by atoms with E-state index in [2.05, 4.69) is 44.2 Å². The molecule has 0 aromatic carbocycles. The first kappa shape index (κ1) is 14.1. The van der Waals surface area contributed by atoms with E-state index in [9.17, 15) is 0 Å². The van der Waals surface area contributed by atoms with Crippen LogP contribution in [0.2, 0.25) is 0 Å². The molecule has 2 aliphatic rings. The summed E-state index contributed by atoms with van der Waals surface area (Å²) in [6.45, 7) is 8.11. The Morgan fingerprint density at radius 2 is 2.18 bits per heavy atom. The van der Waals surface area contributed by atoms with Crippen molar-refractivity contribution in [2.75, 3.05) is 24.5 Å². The van der Waals surface area contributed by atoms with E-state index in [0.29, 0.717) is 12.0 Å². The molecule has 118 valence electrons. The van der Waals surface area contributed by atoms with Crippen molar-refractivity contribution in [2.24, 2.45) is 0 Å². The van der Waals surface area contributed by atoms with Gasteiger partial charge in [0, 0.05) is 37.0 Å². The highest BCUT2D eigenvalue weighted by atomic mass is 32.1. The van der Waals surface area contributed by atoms with Crippen LogP contribution in [-0.4, -0.2) is 45.7 Å². The van der Waals surface area contributed by atoms with Gasteiger partial charge in [0.15, 0.2) is 11.0 Å². The van der Waals surface area contributed by atoms with Gasteiger partial charge in [-0.25, -0.2) is 4.98 Å². The molecule has 0 bridgehead atoms. The van der Waals surface area contributed by atoms with Gasteiger partial charge < -0.3 is 9.42 Å². The Hall–Kier alpha value is -1.47. The molecule has 0 spiro atoms. The van der Waals surface area contributed by atoms with Gasteiger partial charge in [-0.15, -0.1) is 11.3 Å². The van der Waals surface area contributed by atoms with Gasteiger partial charge in [-0.05, 0) is 26.7 Å². The lowest BCUT2D eigenvalue weighted by atomic mass is 10.2. The molecule has 6 nitrogen and oxygen atoms in total. The second-order valence-corrected chi connectivity index (χ2v) is 7.21.